The molecule has 1 amide bonds. The number of amides is 1. The molecule has 0 aliphatic carbocycles. The van der Waals surface area contributed by atoms with Gasteiger partial charge in [0, 0.05) is 0 Å². The zero-order chi connectivity index (χ0) is 10.2. The molecule has 0 unspecified atom stereocenters. The number of carbonyl (C=O) groups is 1. The maximum atomic E-state index is 12.0. The third-order valence-corrected chi connectivity index (χ3v) is 2.48. The Morgan fingerprint density at radius 1 is 1.54 bits per heavy atom. The molecule has 1 heterocycles. The number of carbonyl (C=O) groups excluding carboxylic acids is 1. The van der Waals surface area contributed by atoms with Crippen LogP contribution in [-0.4, -0.2) is 10.9 Å². The van der Waals surface area contributed by atoms with Crippen molar-refractivity contribution < 1.29 is 18.0 Å². The van der Waals surface area contributed by atoms with Gasteiger partial charge >= 0.3 is 6.18 Å². The summed E-state index contributed by atoms with van der Waals surface area (Å²) in [5.74, 6) is -0.884. The molecule has 3 nitrogen and oxygen atoms in total. The number of nitrogens with two attached hydrogens (primary N) is 1. The molecule has 0 saturated heterocycles. The molecular formula is C6H5F3N2OS. The minimum absolute atomic E-state index is 0.0184. The zero-order valence-corrected chi connectivity index (χ0v) is 7.29. The van der Waals surface area contributed by atoms with E-state index < -0.39 is 17.1 Å². The van der Waals surface area contributed by atoms with Gasteiger partial charge in [-0.1, -0.05) is 0 Å². The summed E-state index contributed by atoms with van der Waals surface area (Å²) in [6, 6.07) is 0. The van der Waals surface area contributed by atoms with Crippen molar-refractivity contribution in [1.29, 1.82) is 0 Å². The summed E-state index contributed by atoms with van der Waals surface area (Å²) in [7, 11) is 0. The molecule has 0 saturated carbocycles. The fraction of sp³-hybridized carbons (Fsp3) is 0.333. The van der Waals surface area contributed by atoms with Crippen LogP contribution < -0.4 is 5.73 Å². The normalized spacial score (nSPS) is 11.7. The smallest absolute Gasteiger partial charge is 0.365 e. The van der Waals surface area contributed by atoms with Crippen LogP contribution in [0.4, 0.5) is 13.2 Å². The maximum Gasteiger partial charge on any atom is 0.443 e. The first-order valence-electron chi connectivity index (χ1n) is 3.17. The highest BCUT2D eigenvalue weighted by Crippen LogP contribution is 2.33. The van der Waals surface area contributed by atoms with Crippen LogP contribution in [0.5, 0.6) is 0 Å². The maximum absolute atomic E-state index is 12.0. The van der Waals surface area contributed by atoms with E-state index in [9.17, 15) is 18.0 Å². The van der Waals surface area contributed by atoms with Gasteiger partial charge in [-0.2, -0.15) is 13.2 Å². The molecular weight excluding hydrogens is 205 g/mol. The van der Waals surface area contributed by atoms with Crippen LogP contribution in [0.15, 0.2) is 0 Å². The van der Waals surface area contributed by atoms with Gasteiger partial charge in [0.1, 0.15) is 4.88 Å². The summed E-state index contributed by atoms with van der Waals surface area (Å²) in [4.78, 5) is 13.6. The largest absolute Gasteiger partial charge is 0.443 e. The number of hydrogen-bond donors (Lipinski definition) is 1. The Morgan fingerprint density at radius 3 is 2.31 bits per heavy atom. The molecule has 1 rings (SSSR count). The van der Waals surface area contributed by atoms with Crippen molar-refractivity contribution in [2.75, 3.05) is 0 Å². The van der Waals surface area contributed by atoms with Crippen LogP contribution >= 0.6 is 11.3 Å². The molecule has 0 bridgehead atoms. The van der Waals surface area contributed by atoms with Crippen LogP contribution in [0, 0.1) is 6.92 Å². The van der Waals surface area contributed by atoms with Crippen molar-refractivity contribution in [1.82, 2.24) is 4.98 Å². The molecule has 1 aromatic rings. The van der Waals surface area contributed by atoms with Crippen molar-refractivity contribution >= 4 is 17.2 Å². The van der Waals surface area contributed by atoms with Gasteiger partial charge in [0.25, 0.3) is 5.91 Å². The van der Waals surface area contributed by atoms with Gasteiger partial charge in [-0.25, -0.2) is 4.98 Å². The van der Waals surface area contributed by atoms with E-state index in [4.69, 9.17) is 5.73 Å². The fourth-order valence-electron chi connectivity index (χ4n) is 0.746. The second-order valence-electron chi connectivity index (χ2n) is 2.30. The molecule has 0 fully saturated rings. The highest BCUT2D eigenvalue weighted by atomic mass is 32.1. The van der Waals surface area contributed by atoms with Crippen LogP contribution in [0.2, 0.25) is 0 Å². The van der Waals surface area contributed by atoms with E-state index in [2.05, 4.69) is 4.98 Å². The Balaban J connectivity index is 3.17. The summed E-state index contributed by atoms with van der Waals surface area (Å²) in [6.45, 7) is 1.31. The SMILES string of the molecule is Cc1nc(C(F)(F)F)sc1C(N)=O. The van der Waals surface area contributed by atoms with Crippen LogP contribution in [0.3, 0.4) is 0 Å². The number of hydrogen-bond acceptors (Lipinski definition) is 3. The summed E-state index contributed by atoms with van der Waals surface area (Å²) >= 11 is 0.264. The van der Waals surface area contributed by atoms with Crippen molar-refractivity contribution in [2.24, 2.45) is 5.73 Å². The minimum atomic E-state index is -4.51. The minimum Gasteiger partial charge on any atom is -0.365 e. The van der Waals surface area contributed by atoms with Crippen LogP contribution in [-0.2, 0) is 6.18 Å². The quantitative estimate of drug-likeness (QED) is 0.764. The summed E-state index contributed by atoms with van der Waals surface area (Å²) < 4.78 is 36.1. The second-order valence-corrected chi connectivity index (χ2v) is 3.29. The molecule has 7 heteroatoms. The van der Waals surface area contributed by atoms with Gasteiger partial charge in [0.05, 0.1) is 5.69 Å². The lowest BCUT2D eigenvalue weighted by Crippen LogP contribution is -2.10. The van der Waals surface area contributed by atoms with E-state index in [1.807, 2.05) is 0 Å². The number of primary amides is 1. The highest BCUT2D eigenvalue weighted by Gasteiger charge is 2.36. The predicted molar refractivity (Wildman–Crippen MR) is 40.4 cm³/mol. The average Bonchev–Trinajstić information content (AvgIpc) is 2.29. The van der Waals surface area contributed by atoms with Crippen molar-refractivity contribution in [3.05, 3.63) is 15.6 Å². The van der Waals surface area contributed by atoms with Crippen molar-refractivity contribution in [2.45, 2.75) is 13.1 Å². The van der Waals surface area contributed by atoms with Gasteiger partial charge in [0.2, 0.25) is 0 Å². The number of halogens is 3. The first-order valence-corrected chi connectivity index (χ1v) is 3.98. The molecule has 0 aromatic carbocycles. The van der Waals surface area contributed by atoms with Gasteiger partial charge in [-0.05, 0) is 6.92 Å². The molecule has 0 atom stereocenters. The van der Waals surface area contributed by atoms with Gasteiger partial charge in [-0.15, -0.1) is 11.3 Å². The topological polar surface area (TPSA) is 56.0 Å². The van der Waals surface area contributed by atoms with Gasteiger partial charge in [0.15, 0.2) is 5.01 Å². The van der Waals surface area contributed by atoms with E-state index in [1.165, 1.54) is 6.92 Å². The van der Waals surface area contributed by atoms with E-state index in [0.717, 1.165) is 0 Å². The number of nitrogens with zero attached hydrogens (tertiary/aromatic N) is 1. The third kappa shape index (κ3) is 1.97. The standard InChI is InChI=1S/C6H5F3N2OS/c1-2-3(4(10)12)13-5(11-2)6(7,8)9/h1H3,(H2,10,12). The Morgan fingerprint density at radius 2 is 2.08 bits per heavy atom. The van der Waals surface area contributed by atoms with E-state index in [0.29, 0.717) is 0 Å². The van der Waals surface area contributed by atoms with Crippen molar-refractivity contribution in [3.8, 4) is 0 Å². The monoisotopic (exact) mass is 210 g/mol. The molecule has 0 spiro atoms. The Labute approximate surface area is 75.4 Å². The number of aryl methyl sites for hydroxylation is 1. The molecule has 72 valence electrons. The fourth-order valence-corrected chi connectivity index (χ4v) is 1.53. The highest BCUT2D eigenvalue weighted by molar-refractivity contribution is 7.13. The first kappa shape index (κ1) is 9.97. The van der Waals surface area contributed by atoms with Gasteiger partial charge in [-0.3, -0.25) is 4.79 Å². The Hall–Kier alpha value is -1.11. The lowest BCUT2D eigenvalue weighted by Gasteiger charge is -1.98. The molecule has 0 radical (unpaired) electrons. The van der Waals surface area contributed by atoms with E-state index >= 15 is 0 Å². The molecule has 0 aliphatic rings. The predicted octanol–water partition coefficient (Wildman–Crippen LogP) is 1.57. The lowest BCUT2D eigenvalue weighted by molar-refractivity contribution is -0.137. The summed E-state index contributed by atoms with van der Waals surface area (Å²) in [5.41, 5.74) is 4.85. The number of rotatable bonds is 1. The zero-order valence-electron chi connectivity index (χ0n) is 6.47. The van der Waals surface area contributed by atoms with Crippen LogP contribution in [0.1, 0.15) is 20.4 Å². The number of aromatic nitrogens is 1. The number of thiazole rings is 1. The molecule has 0 aliphatic heterocycles. The molecule has 1 aromatic heterocycles. The summed E-state index contributed by atoms with van der Waals surface area (Å²) in [6.07, 6.45) is -4.51. The molecule has 2 N–H and O–H groups in total. The molecule has 13 heavy (non-hydrogen) atoms. The average molecular weight is 210 g/mol. The van der Waals surface area contributed by atoms with E-state index in [-0.39, 0.29) is 21.9 Å². The van der Waals surface area contributed by atoms with Crippen molar-refractivity contribution in [3.63, 3.8) is 0 Å². The van der Waals surface area contributed by atoms with E-state index in [1.54, 1.807) is 0 Å². The Kier molecular flexibility index (Phi) is 2.29. The lowest BCUT2D eigenvalue weighted by atomic mass is 10.4. The third-order valence-electron chi connectivity index (χ3n) is 1.26. The Bertz CT molecular complexity index is 344. The number of alkyl halides is 3. The van der Waals surface area contributed by atoms with Crippen LogP contribution in [0.25, 0.3) is 0 Å². The first-order chi connectivity index (χ1) is 5.82. The summed E-state index contributed by atoms with van der Waals surface area (Å²) in [5, 5.41) is -1.04. The second kappa shape index (κ2) is 2.99. The van der Waals surface area contributed by atoms with Gasteiger partial charge < -0.3 is 5.73 Å².